The van der Waals surface area contributed by atoms with E-state index in [9.17, 15) is 9.59 Å². The molecule has 2 aliphatic rings. The molecule has 2 aromatic heterocycles. The number of hydrogen-bond donors (Lipinski definition) is 3. The van der Waals surface area contributed by atoms with Crippen molar-refractivity contribution in [1.82, 2.24) is 25.6 Å². The van der Waals surface area contributed by atoms with Crippen LogP contribution < -0.4 is 15.4 Å². The van der Waals surface area contributed by atoms with Crippen molar-refractivity contribution in [2.75, 3.05) is 6.61 Å². The number of aryl methyl sites for hydroxylation is 2. The molecule has 2 saturated carbocycles. The topological polar surface area (TPSA) is 109 Å². The number of nitrogens with zero attached hydrogens (tertiary/aromatic N) is 2. The number of benzene rings is 1. The second-order valence-electron chi connectivity index (χ2n) is 10.6. The van der Waals surface area contributed by atoms with E-state index in [1.807, 2.05) is 26.0 Å². The van der Waals surface area contributed by atoms with Crippen LogP contribution in [0.1, 0.15) is 67.6 Å². The summed E-state index contributed by atoms with van der Waals surface area (Å²) < 4.78 is 6.17. The summed E-state index contributed by atoms with van der Waals surface area (Å²) in [5, 5.41) is 6.25. The molecular weight excluding hydrogens is 454 g/mol. The van der Waals surface area contributed by atoms with Gasteiger partial charge in [-0.15, -0.1) is 0 Å². The quantitative estimate of drug-likeness (QED) is 0.454. The van der Waals surface area contributed by atoms with Gasteiger partial charge in [0.1, 0.15) is 23.3 Å². The molecule has 0 unspecified atom stereocenters. The van der Waals surface area contributed by atoms with Gasteiger partial charge in [-0.2, -0.15) is 0 Å². The molecule has 0 bridgehead atoms. The van der Waals surface area contributed by atoms with Gasteiger partial charge < -0.3 is 20.4 Å². The molecule has 2 amide bonds. The second kappa shape index (κ2) is 9.91. The third-order valence-electron chi connectivity index (χ3n) is 7.45. The highest BCUT2D eigenvalue weighted by Crippen LogP contribution is 2.37. The summed E-state index contributed by atoms with van der Waals surface area (Å²) in [4.78, 5) is 37.4. The summed E-state index contributed by atoms with van der Waals surface area (Å²) >= 11 is 0. The molecule has 2 heterocycles. The summed E-state index contributed by atoms with van der Waals surface area (Å²) in [7, 11) is 0. The Morgan fingerprint density at radius 3 is 2.64 bits per heavy atom. The van der Waals surface area contributed by atoms with Crippen LogP contribution in [0.25, 0.3) is 22.3 Å². The van der Waals surface area contributed by atoms with Crippen LogP contribution in [0.4, 0.5) is 0 Å². The monoisotopic (exact) mass is 489 g/mol. The fraction of sp³-hybridized carbons (Fsp3) is 0.500. The largest absolute Gasteiger partial charge is 0.493 e. The third-order valence-corrected chi connectivity index (χ3v) is 7.45. The average molecular weight is 490 g/mol. The molecule has 0 spiro atoms. The van der Waals surface area contributed by atoms with Crippen LogP contribution >= 0.6 is 0 Å². The molecule has 190 valence electrons. The number of H-pyrrole nitrogens is 1. The average Bonchev–Trinajstić information content (AvgIpc) is 3.59. The summed E-state index contributed by atoms with van der Waals surface area (Å²) in [5.41, 5.74) is 5.42. The fourth-order valence-corrected chi connectivity index (χ4v) is 5.31. The van der Waals surface area contributed by atoms with E-state index >= 15 is 0 Å². The maximum absolute atomic E-state index is 13.4. The number of ether oxygens (including phenoxy) is 1. The number of hydrogen-bond acceptors (Lipinski definition) is 5. The molecular formula is C28H35N5O3. The summed E-state index contributed by atoms with van der Waals surface area (Å²) in [6.07, 6.45) is 6.47. The first-order valence-electron chi connectivity index (χ1n) is 12.9. The van der Waals surface area contributed by atoms with E-state index in [-0.39, 0.29) is 23.9 Å². The molecule has 3 N–H and O–H groups in total. The predicted molar refractivity (Wildman–Crippen MR) is 139 cm³/mol. The zero-order valence-electron chi connectivity index (χ0n) is 21.5. The van der Waals surface area contributed by atoms with Gasteiger partial charge in [0.15, 0.2) is 0 Å². The number of rotatable bonds is 7. The first-order chi connectivity index (χ1) is 17.3. The second-order valence-corrected chi connectivity index (χ2v) is 10.6. The third kappa shape index (κ3) is 5.08. The Morgan fingerprint density at radius 1 is 1.11 bits per heavy atom. The molecule has 5 rings (SSSR count). The Balaban J connectivity index is 1.40. The van der Waals surface area contributed by atoms with Gasteiger partial charge >= 0.3 is 0 Å². The highest BCUT2D eigenvalue weighted by molar-refractivity contribution is 6.09. The standard InChI is InChI=1S/C28H35N5O3/c1-15-5-10-23(36-13-19-6-7-19)21(11-15)25-27-26(30-14-29-25)24(17(3)31-27)28(35)33-20-8-9-22(16(2)12-20)32-18(4)34/h5,10-11,14,16,19-20,22,31H,6-9,12-13H2,1-4H3,(H,32,34)(H,33,35)/t16-,20-,22-/m1/s1. The smallest absolute Gasteiger partial charge is 0.255 e. The van der Waals surface area contributed by atoms with Crippen molar-refractivity contribution in [1.29, 1.82) is 0 Å². The maximum Gasteiger partial charge on any atom is 0.255 e. The molecule has 2 aliphatic carbocycles. The van der Waals surface area contributed by atoms with Gasteiger partial charge in [0.2, 0.25) is 5.91 Å². The van der Waals surface area contributed by atoms with E-state index in [0.29, 0.717) is 29.5 Å². The number of amides is 2. The number of aromatic nitrogens is 3. The van der Waals surface area contributed by atoms with Crippen molar-refractivity contribution in [2.45, 2.75) is 71.9 Å². The Labute approximate surface area is 211 Å². The molecule has 8 nitrogen and oxygen atoms in total. The van der Waals surface area contributed by atoms with Crippen LogP contribution in [0.3, 0.4) is 0 Å². The van der Waals surface area contributed by atoms with Crippen molar-refractivity contribution < 1.29 is 14.3 Å². The summed E-state index contributed by atoms with van der Waals surface area (Å²) in [6.45, 7) is 8.34. The van der Waals surface area contributed by atoms with Crippen LogP contribution in [0, 0.1) is 25.7 Å². The number of nitrogens with one attached hydrogen (secondary N) is 3. The minimum atomic E-state index is -0.131. The zero-order chi connectivity index (χ0) is 25.4. The lowest BCUT2D eigenvalue weighted by molar-refractivity contribution is -0.120. The van der Waals surface area contributed by atoms with Crippen molar-refractivity contribution in [3.8, 4) is 17.0 Å². The number of carbonyl (C=O) groups excluding carboxylic acids is 2. The van der Waals surface area contributed by atoms with E-state index in [4.69, 9.17) is 4.74 Å². The minimum Gasteiger partial charge on any atom is -0.493 e. The molecule has 8 heteroatoms. The number of fused-ring (bicyclic) bond motifs is 1. The van der Waals surface area contributed by atoms with Gasteiger partial charge in [-0.3, -0.25) is 9.59 Å². The van der Waals surface area contributed by atoms with Gasteiger partial charge in [-0.25, -0.2) is 9.97 Å². The Bertz CT molecular complexity index is 1300. The lowest BCUT2D eigenvalue weighted by atomic mass is 9.82. The van der Waals surface area contributed by atoms with Gasteiger partial charge in [-0.05, 0) is 69.9 Å². The highest BCUT2D eigenvalue weighted by Gasteiger charge is 2.30. The van der Waals surface area contributed by atoms with Crippen molar-refractivity contribution >= 4 is 22.8 Å². The molecule has 0 radical (unpaired) electrons. The summed E-state index contributed by atoms with van der Waals surface area (Å²) in [5.74, 6) is 1.60. The summed E-state index contributed by atoms with van der Waals surface area (Å²) in [6, 6.07) is 6.34. The molecule has 2 fully saturated rings. The lowest BCUT2D eigenvalue weighted by Crippen LogP contribution is -2.47. The van der Waals surface area contributed by atoms with E-state index in [2.05, 4.69) is 38.6 Å². The van der Waals surface area contributed by atoms with E-state index < -0.39 is 0 Å². The maximum atomic E-state index is 13.4. The SMILES string of the molecule is CC(=O)N[C@@H]1CC[C@@H](NC(=O)c2c(C)[nH]c3c(-c4cc(C)ccc4OCC4CC4)ncnc23)C[C@H]1C. The molecule has 0 aliphatic heterocycles. The predicted octanol–water partition coefficient (Wildman–Crippen LogP) is 4.45. The van der Waals surface area contributed by atoms with E-state index in [1.54, 1.807) is 6.92 Å². The van der Waals surface area contributed by atoms with Crippen molar-refractivity contribution in [3.05, 3.63) is 41.3 Å². The highest BCUT2D eigenvalue weighted by atomic mass is 16.5. The molecule has 3 atom stereocenters. The van der Waals surface area contributed by atoms with Crippen LogP contribution in [-0.4, -0.2) is 45.5 Å². The van der Waals surface area contributed by atoms with Gasteiger partial charge in [-0.1, -0.05) is 18.6 Å². The lowest BCUT2D eigenvalue weighted by Gasteiger charge is -2.34. The Hall–Kier alpha value is -3.42. The van der Waals surface area contributed by atoms with Crippen LogP contribution in [0.2, 0.25) is 0 Å². The van der Waals surface area contributed by atoms with Gasteiger partial charge in [0.25, 0.3) is 5.91 Å². The van der Waals surface area contributed by atoms with Crippen LogP contribution in [-0.2, 0) is 4.79 Å². The Kier molecular flexibility index (Phi) is 6.69. The van der Waals surface area contributed by atoms with Crippen molar-refractivity contribution in [3.63, 3.8) is 0 Å². The molecule has 0 saturated heterocycles. The first kappa shape index (κ1) is 24.3. The van der Waals surface area contributed by atoms with E-state index in [1.165, 1.54) is 19.2 Å². The van der Waals surface area contributed by atoms with Gasteiger partial charge in [0.05, 0.1) is 17.7 Å². The molecule has 3 aromatic rings. The first-order valence-corrected chi connectivity index (χ1v) is 12.9. The number of aromatic amines is 1. The van der Waals surface area contributed by atoms with Crippen LogP contribution in [0.5, 0.6) is 5.75 Å². The number of carbonyl (C=O) groups is 2. The van der Waals surface area contributed by atoms with Gasteiger partial charge in [0, 0.05) is 30.3 Å². The Morgan fingerprint density at radius 2 is 1.92 bits per heavy atom. The van der Waals surface area contributed by atoms with E-state index in [0.717, 1.165) is 53.0 Å². The minimum absolute atomic E-state index is 0.00560. The fourth-order valence-electron chi connectivity index (χ4n) is 5.31. The van der Waals surface area contributed by atoms with Crippen molar-refractivity contribution in [2.24, 2.45) is 11.8 Å². The van der Waals surface area contributed by atoms with Crippen LogP contribution in [0.15, 0.2) is 24.5 Å². The zero-order valence-corrected chi connectivity index (χ0v) is 21.5. The molecule has 36 heavy (non-hydrogen) atoms. The normalized spacial score (nSPS) is 21.8. The molecule has 1 aromatic carbocycles.